The zero-order chi connectivity index (χ0) is 12.6. The second-order valence-electron chi connectivity index (χ2n) is 4.72. The first-order valence-electron chi connectivity index (χ1n) is 5.85. The molecule has 0 bridgehead atoms. The van der Waals surface area contributed by atoms with E-state index in [1.165, 1.54) is 17.5 Å². The second kappa shape index (κ2) is 4.37. The molecule has 0 aliphatic carbocycles. The number of fused-ring (bicyclic) bond motifs is 1. The predicted molar refractivity (Wildman–Crippen MR) is 69.7 cm³/mol. The molecule has 0 amide bonds. The molecule has 4 nitrogen and oxygen atoms in total. The van der Waals surface area contributed by atoms with Crippen LogP contribution in [0.5, 0.6) is 0 Å². The van der Waals surface area contributed by atoms with Crippen molar-refractivity contribution in [3.8, 4) is 0 Å². The summed E-state index contributed by atoms with van der Waals surface area (Å²) in [7, 11) is 2.13. The molecule has 1 N–H and O–H groups in total. The molecule has 17 heavy (non-hydrogen) atoms. The van der Waals surface area contributed by atoms with Crippen LogP contribution in [-0.2, 0) is 0 Å². The molecule has 0 aromatic carbocycles. The van der Waals surface area contributed by atoms with Crippen LogP contribution in [0.25, 0.3) is 6.20 Å². The van der Waals surface area contributed by atoms with Crippen LogP contribution in [0.1, 0.15) is 42.8 Å². The summed E-state index contributed by atoms with van der Waals surface area (Å²) in [6.07, 6.45) is 3.24. The van der Waals surface area contributed by atoms with Crippen LogP contribution in [0, 0.1) is 0 Å². The van der Waals surface area contributed by atoms with Gasteiger partial charge < -0.3 is 9.77 Å². The highest BCUT2D eigenvalue weighted by molar-refractivity contribution is 5.79. The van der Waals surface area contributed by atoms with Crippen LogP contribution in [0.3, 0.4) is 0 Å². The Kier molecular flexibility index (Phi) is 3.07. The van der Waals surface area contributed by atoms with Gasteiger partial charge in [-0.3, -0.25) is 4.90 Å². The van der Waals surface area contributed by atoms with Crippen molar-refractivity contribution >= 4 is 12.4 Å². The normalized spacial score (nSPS) is 25.1. The number of nitrogens with zero attached hydrogens (tertiary/aromatic N) is 3. The molecule has 0 spiro atoms. The lowest BCUT2D eigenvalue weighted by Crippen LogP contribution is -2.32. The van der Waals surface area contributed by atoms with E-state index in [-0.39, 0.29) is 0 Å². The van der Waals surface area contributed by atoms with Gasteiger partial charge in [0.2, 0.25) is 0 Å². The highest BCUT2D eigenvalue weighted by Crippen LogP contribution is 2.36. The molecule has 2 unspecified atom stereocenters. The smallest absolute Gasteiger partial charge is 0.0901 e. The summed E-state index contributed by atoms with van der Waals surface area (Å²) < 4.78 is 2.02. The van der Waals surface area contributed by atoms with Gasteiger partial charge in [0, 0.05) is 30.4 Å². The van der Waals surface area contributed by atoms with E-state index in [9.17, 15) is 0 Å². The first kappa shape index (κ1) is 11.9. The maximum absolute atomic E-state index is 8.70. The number of rotatable bonds is 2. The maximum Gasteiger partial charge on any atom is 0.0901 e. The number of aromatic nitrogens is 1. The molecule has 0 saturated carbocycles. The average molecular weight is 233 g/mol. The fourth-order valence-corrected chi connectivity index (χ4v) is 2.71. The van der Waals surface area contributed by atoms with Gasteiger partial charge in [0.15, 0.2) is 0 Å². The molecule has 2 heterocycles. The molecule has 2 atom stereocenters. The lowest BCUT2D eigenvalue weighted by Gasteiger charge is -2.34. The fourth-order valence-electron chi connectivity index (χ4n) is 2.71. The summed E-state index contributed by atoms with van der Waals surface area (Å²) in [6, 6.07) is 2.46. The summed E-state index contributed by atoms with van der Waals surface area (Å²) in [5.74, 6) is 0.449. The van der Waals surface area contributed by atoms with E-state index in [0.29, 0.717) is 12.0 Å². The summed E-state index contributed by atoms with van der Waals surface area (Å²) >= 11 is 0. The molecule has 0 fully saturated rings. The van der Waals surface area contributed by atoms with E-state index in [0.717, 1.165) is 12.2 Å². The Labute approximate surface area is 102 Å². The number of hydrogen-bond donors (Lipinski definition) is 1. The summed E-state index contributed by atoms with van der Waals surface area (Å²) in [5, 5.41) is 11.8. The van der Waals surface area contributed by atoms with Gasteiger partial charge in [-0.05, 0) is 25.6 Å². The van der Waals surface area contributed by atoms with Crippen molar-refractivity contribution in [3.05, 3.63) is 29.6 Å². The van der Waals surface area contributed by atoms with Gasteiger partial charge >= 0.3 is 0 Å². The molecular weight excluding hydrogens is 214 g/mol. The molecule has 1 aromatic rings. The number of hydrogen-bond acceptors (Lipinski definition) is 3. The molecule has 1 aromatic heterocycles. The Morgan fingerprint density at radius 1 is 1.53 bits per heavy atom. The van der Waals surface area contributed by atoms with Crippen LogP contribution < -0.4 is 0 Å². The van der Waals surface area contributed by atoms with Gasteiger partial charge in [0.1, 0.15) is 0 Å². The highest BCUT2D eigenvalue weighted by Gasteiger charge is 2.29. The van der Waals surface area contributed by atoms with Crippen LogP contribution in [0.2, 0.25) is 0 Å². The van der Waals surface area contributed by atoms with E-state index in [2.05, 4.69) is 43.6 Å². The largest absolute Gasteiger partial charge is 0.411 e. The Morgan fingerprint density at radius 3 is 2.82 bits per heavy atom. The SMILES string of the molecule is C=Cn1c(C=NO)cc2c1C(C)CN(C)C2C. The average Bonchev–Trinajstić information content (AvgIpc) is 2.65. The minimum atomic E-state index is 0.383. The molecule has 1 aliphatic heterocycles. The molecule has 1 aliphatic rings. The lowest BCUT2D eigenvalue weighted by molar-refractivity contribution is 0.226. The van der Waals surface area contributed by atoms with E-state index in [4.69, 9.17) is 5.21 Å². The third-order valence-electron chi connectivity index (χ3n) is 3.65. The minimum Gasteiger partial charge on any atom is -0.411 e. The van der Waals surface area contributed by atoms with E-state index in [1.807, 2.05) is 4.57 Å². The Hall–Kier alpha value is -1.55. The molecule has 0 saturated heterocycles. The topological polar surface area (TPSA) is 40.8 Å². The molecule has 92 valence electrons. The lowest BCUT2D eigenvalue weighted by atomic mass is 9.93. The van der Waals surface area contributed by atoms with Gasteiger partial charge in [-0.15, -0.1) is 0 Å². The second-order valence-corrected chi connectivity index (χ2v) is 4.72. The van der Waals surface area contributed by atoms with E-state index in [1.54, 1.807) is 6.20 Å². The van der Waals surface area contributed by atoms with Crippen LogP contribution in [-0.4, -0.2) is 34.5 Å². The van der Waals surface area contributed by atoms with Crippen LogP contribution in [0.4, 0.5) is 0 Å². The number of likely N-dealkylation sites (N-methyl/N-ethyl adjacent to an activating group) is 1. The van der Waals surface area contributed by atoms with Gasteiger partial charge in [-0.1, -0.05) is 18.7 Å². The Balaban J connectivity index is 2.61. The van der Waals surface area contributed by atoms with Crippen molar-refractivity contribution in [1.29, 1.82) is 0 Å². The summed E-state index contributed by atoms with van der Waals surface area (Å²) in [4.78, 5) is 2.33. The van der Waals surface area contributed by atoms with Crippen molar-refractivity contribution in [2.24, 2.45) is 5.16 Å². The van der Waals surface area contributed by atoms with Crippen molar-refractivity contribution in [2.75, 3.05) is 13.6 Å². The fraction of sp³-hybridized carbons (Fsp3) is 0.462. The molecule has 0 radical (unpaired) electrons. The maximum atomic E-state index is 8.70. The first-order valence-corrected chi connectivity index (χ1v) is 5.85. The zero-order valence-corrected chi connectivity index (χ0v) is 10.6. The van der Waals surface area contributed by atoms with Crippen molar-refractivity contribution in [2.45, 2.75) is 25.8 Å². The Bertz CT molecular complexity index is 461. The van der Waals surface area contributed by atoms with Crippen LogP contribution in [0.15, 0.2) is 17.8 Å². The highest BCUT2D eigenvalue weighted by atomic mass is 16.4. The Morgan fingerprint density at radius 2 is 2.24 bits per heavy atom. The quantitative estimate of drug-likeness (QED) is 0.484. The molecule has 4 heteroatoms. The third-order valence-corrected chi connectivity index (χ3v) is 3.65. The van der Waals surface area contributed by atoms with Crippen LogP contribution >= 0.6 is 0 Å². The zero-order valence-electron chi connectivity index (χ0n) is 10.6. The van der Waals surface area contributed by atoms with Gasteiger partial charge in [-0.25, -0.2) is 0 Å². The van der Waals surface area contributed by atoms with Gasteiger partial charge in [0.05, 0.1) is 11.9 Å². The monoisotopic (exact) mass is 233 g/mol. The van der Waals surface area contributed by atoms with Gasteiger partial charge in [-0.2, -0.15) is 0 Å². The van der Waals surface area contributed by atoms with E-state index < -0.39 is 0 Å². The van der Waals surface area contributed by atoms with Gasteiger partial charge in [0.25, 0.3) is 0 Å². The van der Waals surface area contributed by atoms with Crippen molar-refractivity contribution in [3.63, 3.8) is 0 Å². The molecular formula is C13H19N3O. The summed E-state index contributed by atoms with van der Waals surface area (Å²) in [5.41, 5.74) is 3.45. The number of oxime groups is 1. The van der Waals surface area contributed by atoms with E-state index >= 15 is 0 Å². The first-order chi connectivity index (χ1) is 8.10. The minimum absolute atomic E-state index is 0.383. The molecule has 2 rings (SSSR count). The predicted octanol–water partition coefficient (Wildman–Crippen LogP) is 2.51. The van der Waals surface area contributed by atoms with Crippen molar-refractivity contribution < 1.29 is 5.21 Å². The third kappa shape index (κ3) is 1.78. The van der Waals surface area contributed by atoms with Crippen molar-refractivity contribution in [1.82, 2.24) is 9.47 Å². The standard InChI is InChI=1S/C13H19N3O/c1-5-16-11(7-14-17)6-12-10(3)15(4)8-9(2)13(12)16/h5-7,9-10,17H,1,8H2,2-4H3. The summed E-state index contributed by atoms with van der Waals surface area (Å²) in [6.45, 7) is 9.27.